The van der Waals surface area contributed by atoms with Crippen LogP contribution in [0.1, 0.15) is 265 Å². The van der Waals surface area contributed by atoms with Crippen LogP contribution in [0.2, 0.25) is 0 Å². The lowest BCUT2D eigenvalue weighted by molar-refractivity contribution is -0.870. The van der Waals surface area contributed by atoms with Gasteiger partial charge in [0.25, 0.3) is 0 Å². The standard InChI is InChI=1S/C67H119N2O7P/c1-7-10-13-16-19-22-25-27-28-29-30-31-32-33-34-35-36-37-38-39-40-42-44-47-50-53-56-59-66(70)68-64(63-75-77(72,73)74-62-61-69(4,5)6)65(58-55-52-49-46-43-24-21-18-15-12-9-3)76-67(71)60-57-54-51-48-45-41-26-23-20-17-14-11-8-2/h10,13,19,22,27-28,30-31,33-34,36-37,41,45,55,58,64-65H,7-9,11-12,14-18,20-21,23-26,29,32,35,38-40,42-44,46-54,56-57,59-63H2,1-6H3,(H-,68,70,72,73)/p+1/b13-10-,22-19-,28-27-,31-30-,34-33-,37-36-,45-41-,58-55-. The number of nitrogens with one attached hydrogen (secondary N) is 1. The molecule has 0 aliphatic heterocycles. The molecule has 2 N–H and O–H groups in total. The Morgan fingerprint density at radius 1 is 0.468 bits per heavy atom. The number of rotatable bonds is 56. The van der Waals surface area contributed by atoms with E-state index in [1.807, 2.05) is 33.3 Å². The van der Waals surface area contributed by atoms with E-state index in [2.05, 4.69) is 111 Å². The molecule has 9 nitrogen and oxygen atoms in total. The molecule has 0 aliphatic carbocycles. The minimum absolute atomic E-state index is 0.0323. The Morgan fingerprint density at radius 2 is 0.831 bits per heavy atom. The average Bonchev–Trinajstić information content (AvgIpc) is 3.39. The molecule has 0 saturated heterocycles. The van der Waals surface area contributed by atoms with Gasteiger partial charge in [-0.1, -0.05) is 240 Å². The van der Waals surface area contributed by atoms with Crippen molar-refractivity contribution in [2.45, 2.75) is 277 Å². The molecule has 1 amide bonds. The van der Waals surface area contributed by atoms with Crippen molar-refractivity contribution in [2.24, 2.45) is 0 Å². The van der Waals surface area contributed by atoms with Gasteiger partial charge in [0.1, 0.15) is 19.3 Å². The number of nitrogens with zero attached hydrogens (tertiary/aromatic N) is 1. The second-order valence-electron chi connectivity index (χ2n) is 22.2. The summed E-state index contributed by atoms with van der Waals surface area (Å²) >= 11 is 0. The Hall–Kier alpha value is -3.07. The molecule has 0 heterocycles. The van der Waals surface area contributed by atoms with Gasteiger partial charge < -0.3 is 19.4 Å². The number of phosphoric acid groups is 1. The Balaban J connectivity index is 5.11. The molecule has 0 aromatic rings. The van der Waals surface area contributed by atoms with E-state index in [0.29, 0.717) is 23.9 Å². The van der Waals surface area contributed by atoms with Gasteiger partial charge in [0, 0.05) is 12.8 Å². The third kappa shape index (κ3) is 57.4. The number of unbranched alkanes of at least 4 members (excludes halogenated alkanes) is 26. The summed E-state index contributed by atoms with van der Waals surface area (Å²) in [6.07, 6.45) is 75.5. The number of hydrogen-bond acceptors (Lipinski definition) is 6. The first-order chi connectivity index (χ1) is 37.4. The van der Waals surface area contributed by atoms with Gasteiger partial charge in [-0.15, -0.1) is 0 Å². The Labute approximate surface area is 475 Å². The Morgan fingerprint density at radius 3 is 1.27 bits per heavy atom. The van der Waals surface area contributed by atoms with Gasteiger partial charge in [0.2, 0.25) is 5.91 Å². The van der Waals surface area contributed by atoms with Crippen molar-refractivity contribution in [1.82, 2.24) is 5.32 Å². The number of amides is 1. The summed E-state index contributed by atoms with van der Waals surface area (Å²) in [6, 6.07) is -0.863. The number of allylic oxidation sites excluding steroid dienone is 15. The maximum Gasteiger partial charge on any atom is 0.472 e. The zero-order valence-electron chi connectivity index (χ0n) is 50.7. The van der Waals surface area contributed by atoms with Crippen LogP contribution in [0.15, 0.2) is 97.2 Å². The third-order valence-corrected chi connectivity index (χ3v) is 14.5. The lowest BCUT2D eigenvalue weighted by atomic mass is 10.0. The summed E-state index contributed by atoms with van der Waals surface area (Å²) in [6.45, 7) is 6.86. The quantitative estimate of drug-likeness (QED) is 0.0205. The van der Waals surface area contributed by atoms with Crippen molar-refractivity contribution in [3.63, 3.8) is 0 Å². The van der Waals surface area contributed by atoms with Crippen LogP contribution in [0, 0.1) is 0 Å². The Bertz CT molecular complexity index is 1640. The van der Waals surface area contributed by atoms with Crippen LogP contribution in [0.3, 0.4) is 0 Å². The molecule has 444 valence electrons. The van der Waals surface area contributed by atoms with Crippen molar-refractivity contribution in [3.05, 3.63) is 97.2 Å². The second kappa shape index (κ2) is 56.2. The number of phosphoric ester groups is 1. The van der Waals surface area contributed by atoms with Gasteiger partial charge in [-0.25, -0.2) is 4.57 Å². The third-order valence-electron chi connectivity index (χ3n) is 13.5. The summed E-state index contributed by atoms with van der Waals surface area (Å²) in [5.41, 5.74) is 0. The highest BCUT2D eigenvalue weighted by Crippen LogP contribution is 2.43. The first-order valence-electron chi connectivity index (χ1n) is 31.6. The van der Waals surface area contributed by atoms with Crippen molar-refractivity contribution in [3.8, 4) is 0 Å². The smallest absolute Gasteiger partial charge is 0.456 e. The number of quaternary nitrogens is 1. The molecule has 10 heteroatoms. The molecule has 0 rings (SSSR count). The highest BCUT2D eigenvalue weighted by Gasteiger charge is 2.30. The minimum atomic E-state index is -4.46. The van der Waals surface area contributed by atoms with Gasteiger partial charge in [0.05, 0.1) is 33.8 Å². The number of hydrogen-bond donors (Lipinski definition) is 2. The number of carbonyl (C=O) groups is 2. The van der Waals surface area contributed by atoms with Gasteiger partial charge >= 0.3 is 13.8 Å². The predicted octanol–water partition coefficient (Wildman–Crippen LogP) is 19.6. The summed E-state index contributed by atoms with van der Waals surface area (Å²) in [7, 11) is 1.47. The maximum atomic E-state index is 13.5. The van der Waals surface area contributed by atoms with E-state index in [9.17, 15) is 19.0 Å². The van der Waals surface area contributed by atoms with Crippen LogP contribution in [0.25, 0.3) is 0 Å². The normalized spacial score (nSPS) is 14.3. The molecule has 77 heavy (non-hydrogen) atoms. The highest BCUT2D eigenvalue weighted by molar-refractivity contribution is 7.47. The van der Waals surface area contributed by atoms with Crippen molar-refractivity contribution in [2.75, 3.05) is 40.9 Å². The van der Waals surface area contributed by atoms with Crippen LogP contribution in [0.4, 0.5) is 0 Å². The molecule has 0 spiro atoms. The summed E-state index contributed by atoms with van der Waals surface area (Å²) in [4.78, 5) is 37.7. The summed E-state index contributed by atoms with van der Waals surface area (Å²) in [5.74, 6) is -0.537. The molecule has 0 fully saturated rings. The lowest BCUT2D eigenvalue weighted by Gasteiger charge is -2.27. The zero-order chi connectivity index (χ0) is 56.4. The number of ether oxygens (including phenoxy) is 1. The van der Waals surface area contributed by atoms with Crippen LogP contribution >= 0.6 is 7.82 Å². The zero-order valence-corrected chi connectivity index (χ0v) is 51.6. The van der Waals surface area contributed by atoms with E-state index in [4.69, 9.17) is 13.8 Å². The van der Waals surface area contributed by atoms with E-state index in [1.54, 1.807) is 0 Å². The van der Waals surface area contributed by atoms with Crippen LogP contribution in [0.5, 0.6) is 0 Å². The predicted molar refractivity (Wildman–Crippen MR) is 332 cm³/mol. The van der Waals surface area contributed by atoms with Crippen LogP contribution in [-0.2, 0) is 27.9 Å². The fourth-order valence-electron chi connectivity index (χ4n) is 8.64. The summed E-state index contributed by atoms with van der Waals surface area (Å²) < 4.78 is 30.6. The number of likely N-dealkylation sites (N-methyl/N-ethyl adjacent to an activating group) is 1. The number of carbonyl (C=O) groups excluding carboxylic acids is 2. The van der Waals surface area contributed by atoms with Crippen molar-refractivity contribution in [1.29, 1.82) is 0 Å². The van der Waals surface area contributed by atoms with Crippen LogP contribution < -0.4 is 5.32 Å². The molecule has 0 saturated carbocycles. The fraction of sp³-hybridized carbons (Fsp3) is 0.731. The minimum Gasteiger partial charge on any atom is -0.456 e. The van der Waals surface area contributed by atoms with E-state index in [1.165, 1.54) is 109 Å². The van der Waals surface area contributed by atoms with Crippen molar-refractivity contribution >= 4 is 19.7 Å². The van der Waals surface area contributed by atoms with Gasteiger partial charge in [-0.3, -0.25) is 18.6 Å². The second-order valence-corrected chi connectivity index (χ2v) is 23.6. The first kappa shape index (κ1) is 73.9. The van der Waals surface area contributed by atoms with E-state index < -0.39 is 20.0 Å². The number of esters is 1. The van der Waals surface area contributed by atoms with Gasteiger partial charge in [-0.05, 0) is 109 Å². The molecule has 3 unspecified atom stereocenters. The molecule has 0 radical (unpaired) electrons. The monoisotopic (exact) mass is 1100 g/mol. The molecule has 0 bridgehead atoms. The molecular formula is C67H120N2O7P+. The topological polar surface area (TPSA) is 111 Å². The Kier molecular flexibility index (Phi) is 54.0. The molecule has 0 aliphatic rings. The average molecular weight is 1100 g/mol. The summed E-state index contributed by atoms with van der Waals surface area (Å²) in [5, 5.41) is 3.05. The van der Waals surface area contributed by atoms with Crippen LogP contribution in [-0.4, -0.2) is 74.3 Å². The van der Waals surface area contributed by atoms with Crippen molar-refractivity contribution < 1.29 is 37.3 Å². The first-order valence-corrected chi connectivity index (χ1v) is 33.1. The molecule has 0 aromatic carbocycles. The lowest BCUT2D eigenvalue weighted by Crippen LogP contribution is -2.47. The van der Waals surface area contributed by atoms with E-state index in [-0.39, 0.29) is 31.5 Å². The SMILES string of the molecule is CC/C=C\C/C=C\C/C=C\C/C=C\C/C=C\C/C=C\CCCCCCCCCCC(=O)NC(COP(=O)(O)OCC[N+](C)(C)C)C(/C=C\CCCCCCCCCCC)OC(=O)CCCCC/C=C\CCCCCCCC. The largest absolute Gasteiger partial charge is 0.472 e. The maximum absolute atomic E-state index is 13.5. The van der Waals surface area contributed by atoms with E-state index >= 15 is 0 Å². The molecule has 3 atom stereocenters. The van der Waals surface area contributed by atoms with E-state index in [0.717, 1.165) is 116 Å². The van der Waals surface area contributed by atoms with Gasteiger partial charge in [0.15, 0.2) is 0 Å². The molecule has 0 aromatic heterocycles. The fourth-order valence-corrected chi connectivity index (χ4v) is 9.38. The van der Waals surface area contributed by atoms with Gasteiger partial charge in [-0.2, -0.15) is 0 Å². The molecular weight excluding hydrogens is 976 g/mol. The highest BCUT2D eigenvalue weighted by atomic mass is 31.2.